The van der Waals surface area contributed by atoms with Gasteiger partial charge in [-0.25, -0.2) is 28.1 Å². The van der Waals surface area contributed by atoms with Crippen LogP contribution < -0.4 is 17.1 Å². The molecule has 1 aromatic rings. The van der Waals surface area contributed by atoms with E-state index in [1.165, 1.54) is 0 Å². The molecular weight excluding hydrogens is 350 g/mol. The van der Waals surface area contributed by atoms with Crippen molar-refractivity contribution in [3.8, 4) is 0 Å². The van der Waals surface area contributed by atoms with Gasteiger partial charge in [0.05, 0.1) is 38.5 Å². The molecule has 2 saturated heterocycles. The molecule has 1 aromatic heterocycles. The molecule has 144 valence electrons. The van der Waals surface area contributed by atoms with E-state index in [0.29, 0.717) is 17.8 Å². The van der Waals surface area contributed by atoms with Gasteiger partial charge >= 0.3 is 23.0 Å². The van der Waals surface area contributed by atoms with Crippen LogP contribution in [-0.2, 0) is 32.1 Å². The lowest BCUT2D eigenvalue weighted by Gasteiger charge is -2.20. The monoisotopic (exact) mass is 371 g/mol. The Morgan fingerprint density at radius 1 is 1.12 bits per heavy atom. The maximum atomic E-state index is 12.8. The van der Waals surface area contributed by atoms with Crippen LogP contribution in [0.4, 0.5) is 0 Å². The number of ether oxygens (including phenoxy) is 3. The Balaban J connectivity index is 2.11. The Bertz CT molecular complexity index is 794. The Kier molecular flexibility index (Phi) is 5.39. The largest absolute Gasteiger partial charge is 0.441 e. The molecule has 1 N–H and O–H groups in total. The van der Waals surface area contributed by atoms with Crippen molar-refractivity contribution in [1.29, 1.82) is 0 Å². The van der Waals surface area contributed by atoms with Crippen LogP contribution in [0.15, 0.2) is 14.4 Å². The lowest BCUT2D eigenvalue weighted by atomic mass is 10.3. The fourth-order valence-corrected chi connectivity index (χ4v) is 2.55. The fourth-order valence-electron chi connectivity index (χ4n) is 2.55. The van der Waals surface area contributed by atoms with E-state index in [1.54, 1.807) is 6.92 Å². The molecule has 11 nitrogen and oxygen atoms in total. The van der Waals surface area contributed by atoms with Crippen molar-refractivity contribution >= 4 is 5.97 Å². The minimum atomic E-state index is -1.30. The zero-order valence-electron chi connectivity index (χ0n) is 14.3. The molecule has 26 heavy (non-hydrogen) atoms. The van der Waals surface area contributed by atoms with Gasteiger partial charge < -0.3 is 19.3 Å². The molecule has 2 aliphatic heterocycles. The summed E-state index contributed by atoms with van der Waals surface area (Å²) in [6.45, 7) is 1.98. The standard InChI is InChI=1S/C15H21N3O8/c1-2-12(20)26-11(3-4-19)18-14(22)16(5-9-7-24-9)13(21)17(15(18)23)6-10-8-25-10/h9-11,19H,2-8H2,1H3. The van der Waals surface area contributed by atoms with E-state index in [9.17, 15) is 24.3 Å². The molecule has 0 amide bonds. The predicted molar refractivity (Wildman–Crippen MR) is 85.8 cm³/mol. The summed E-state index contributed by atoms with van der Waals surface area (Å²) in [5, 5.41) is 9.25. The maximum absolute atomic E-state index is 12.8. The van der Waals surface area contributed by atoms with Crippen LogP contribution in [0.25, 0.3) is 0 Å². The summed E-state index contributed by atoms with van der Waals surface area (Å²) < 4.78 is 17.8. The van der Waals surface area contributed by atoms with E-state index in [2.05, 4.69) is 0 Å². The van der Waals surface area contributed by atoms with Crippen LogP contribution in [0, 0.1) is 0 Å². The molecule has 0 aliphatic carbocycles. The Morgan fingerprint density at radius 3 is 2.00 bits per heavy atom. The molecule has 11 heteroatoms. The van der Waals surface area contributed by atoms with Gasteiger partial charge in [-0.3, -0.25) is 4.79 Å². The van der Waals surface area contributed by atoms with Crippen LogP contribution in [0.2, 0.25) is 0 Å². The first-order valence-corrected chi connectivity index (χ1v) is 8.46. The average molecular weight is 371 g/mol. The highest BCUT2D eigenvalue weighted by Gasteiger charge is 2.31. The zero-order valence-corrected chi connectivity index (χ0v) is 14.3. The third kappa shape index (κ3) is 3.94. The second-order valence-electron chi connectivity index (χ2n) is 6.16. The molecule has 3 unspecified atom stereocenters. The van der Waals surface area contributed by atoms with Gasteiger partial charge in [-0.1, -0.05) is 6.92 Å². The van der Waals surface area contributed by atoms with E-state index in [1.807, 2.05) is 0 Å². The van der Waals surface area contributed by atoms with Crippen molar-refractivity contribution in [3.05, 3.63) is 31.5 Å². The number of carbonyl (C=O) groups is 1. The van der Waals surface area contributed by atoms with Crippen molar-refractivity contribution in [2.24, 2.45) is 0 Å². The fraction of sp³-hybridized carbons (Fsp3) is 0.733. The van der Waals surface area contributed by atoms with E-state index >= 15 is 0 Å². The van der Waals surface area contributed by atoms with Crippen LogP contribution in [0.3, 0.4) is 0 Å². The van der Waals surface area contributed by atoms with E-state index in [-0.39, 0.29) is 38.1 Å². The second kappa shape index (κ2) is 7.56. The number of esters is 1. The van der Waals surface area contributed by atoms with Gasteiger partial charge in [0.2, 0.25) is 0 Å². The SMILES string of the molecule is CCC(=O)OC(CCO)n1c(=O)n(CC2CO2)c(=O)n(CC2CO2)c1=O. The Hall–Kier alpha value is -2.24. The first-order chi connectivity index (χ1) is 12.5. The number of hydrogen-bond donors (Lipinski definition) is 1. The van der Waals surface area contributed by atoms with Crippen molar-refractivity contribution in [3.63, 3.8) is 0 Å². The van der Waals surface area contributed by atoms with Gasteiger partial charge in [-0.2, -0.15) is 0 Å². The summed E-state index contributed by atoms with van der Waals surface area (Å²) in [4.78, 5) is 49.8. The molecule has 0 radical (unpaired) electrons. The molecule has 0 spiro atoms. The third-order valence-electron chi connectivity index (χ3n) is 4.13. The van der Waals surface area contributed by atoms with Gasteiger partial charge in [0.25, 0.3) is 0 Å². The minimum Gasteiger partial charge on any atom is -0.441 e. The summed E-state index contributed by atoms with van der Waals surface area (Å²) in [7, 11) is 0. The van der Waals surface area contributed by atoms with Gasteiger partial charge in [0.1, 0.15) is 0 Å². The molecule has 0 bridgehead atoms. The number of carbonyl (C=O) groups excluding carboxylic acids is 1. The van der Waals surface area contributed by atoms with E-state index in [4.69, 9.17) is 14.2 Å². The summed E-state index contributed by atoms with van der Waals surface area (Å²) in [5.41, 5.74) is -2.55. The number of aromatic nitrogens is 3. The predicted octanol–water partition coefficient (Wildman–Crippen LogP) is -2.20. The summed E-state index contributed by atoms with van der Waals surface area (Å²) in [6.07, 6.45) is -1.96. The topological polar surface area (TPSA) is 138 Å². The van der Waals surface area contributed by atoms with Crippen molar-refractivity contribution in [1.82, 2.24) is 13.7 Å². The van der Waals surface area contributed by atoms with Crippen molar-refractivity contribution in [2.45, 2.75) is 51.3 Å². The van der Waals surface area contributed by atoms with Crippen LogP contribution in [0.5, 0.6) is 0 Å². The van der Waals surface area contributed by atoms with Crippen molar-refractivity contribution < 1.29 is 24.1 Å². The lowest BCUT2D eigenvalue weighted by molar-refractivity contribution is -0.155. The number of nitrogens with zero attached hydrogens (tertiary/aromatic N) is 3. The molecule has 3 atom stereocenters. The first-order valence-electron chi connectivity index (χ1n) is 8.46. The zero-order chi connectivity index (χ0) is 18.8. The quantitative estimate of drug-likeness (QED) is 0.381. The summed E-state index contributed by atoms with van der Waals surface area (Å²) in [6, 6.07) is 0. The molecule has 0 saturated carbocycles. The first kappa shape index (κ1) is 18.5. The maximum Gasteiger partial charge on any atom is 0.339 e. The number of hydrogen-bond acceptors (Lipinski definition) is 8. The number of aliphatic hydroxyl groups is 1. The highest BCUT2D eigenvalue weighted by atomic mass is 16.6. The summed E-state index contributed by atoms with van der Waals surface area (Å²) in [5.74, 6) is -0.630. The van der Waals surface area contributed by atoms with Crippen LogP contribution >= 0.6 is 0 Å². The number of aliphatic hydroxyl groups excluding tert-OH is 1. The Labute approximate surface area is 147 Å². The molecule has 3 rings (SSSR count). The normalized spacial score (nSPS) is 22.1. The number of rotatable bonds is 9. The highest BCUT2D eigenvalue weighted by molar-refractivity contribution is 5.68. The van der Waals surface area contributed by atoms with Crippen molar-refractivity contribution in [2.75, 3.05) is 19.8 Å². The lowest BCUT2D eigenvalue weighted by Crippen LogP contribution is -2.56. The molecule has 2 fully saturated rings. The molecule has 0 aromatic carbocycles. The van der Waals surface area contributed by atoms with E-state index in [0.717, 1.165) is 9.13 Å². The molecular formula is C15H21N3O8. The molecule has 2 aliphatic rings. The molecule has 3 heterocycles. The van der Waals surface area contributed by atoms with E-state index < -0.39 is 35.9 Å². The average Bonchev–Trinajstić information content (AvgIpc) is 3.51. The van der Waals surface area contributed by atoms with Gasteiger partial charge in [0, 0.05) is 19.4 Å². The third-order valence-corrected chi connectivity index (χ3v) is 4.13. The van der Waals surface area contributed by atoms with Gasteiger partial charge in [-0.15, -0.1) is 0 Å². The minimum absolute atomic E-state index is 0.00294. The smallest absolute Gasteiger partial charge is 0.339 e. The van der Waals surface area contributed by atoms with Crippen LogP contribution in [0.1, 0.15) is 26.0 Å². The second-order valence-corrected chi connectivity index (χ2v) is 6.16. The highest BCUT2D eigenvalue weighted by Crippen LogP contribution is 2.13. The Morgan fingerprint density at radius 2 is 1.62 bits per heavy atom. The van der Waals surface area contributed by atoms with Gasteiger partial charge in [-0.05, 0) is 0 Å². The van der Waals surface area contributed by atoms with Gasteiger partial charge in [0.15, 0.2) is 6.23 Å². The summed E-state index contributed by atoms with van der Waals surface area (Å²) >= 11 is 0. The number of epoxide rings is 2. The van der Waals surface area contributed by atoms with Crippen LogP contribution in [-0.4, -0.2) is 56.8 Å².